The number of hydrogen-bond donors (Lipinski definition) is 2. The second kappa shape index (κ2) is 10.1. The highest BCUT2D eigenvalue weighted by Crippen LogP contribution is 2.35. The number of rotatable bonds is 9. The van der Waals surface area contributed by atoms with Crippen molar-refractivity contribution in [3.63, 3.8) is 0 Å². The van der Waals surface area contributed by atoms with Gasteiger partial charge in [0.05, 0.1) is 11.8 Å². The Kier molecular flexibility index (Phi) is 7.77. The minimum Gasteiger partial charge on any atom is -0.480 e. The summed E-state index contributed by atoms with van der Waals surface area (Å²) in [4.78, 5) is 16.8. The molecule has 0 aliphatic heterocycles. The lowest BCUT2D eigenvalue weighted by Gasteiger charge is -2.37. The van der Waals surface area contributed by atoms with Crippen molar-refractivity contribution >= 4 is 17.6 Å². The van der Waals surface area contributed by atoms with Crippen molar-refractivity contribution in [2.45, 2.75) is 32.2 Å². The summed E-state index contributed by atoms with van der Waals surface area (Å²) >= 11 is 5.87. The summed E-state index contributed by atoms with van der Waals surface area (Å²) in [5, 5.41) is 23.6. The average molecular weight is 414 g/mol. The molecule has 1 aromatic heterocycles. The molecule has 7 heteroatoms. The van der Waals surface area contributed by atoms with Crippen LogP contribution in [0.3, 0.4) is 0 Å². The van der Waals surface area contributed by atoms with Crippen LogP contribution in [0.15, 0.2) is 59.6 Å². The van der Waals surface area contributed by atoms with Crippen LogP contribution in [0.25, 0.3) is 0 Å². The number of para-hydroxylation sites is 1. The number of aliphatic carboxylic acids is 1. The third-order valence-electron chi connectivity index (χ3n) is 4.63. The Balaban J connectivity index is 2.44. The van der Waals surface area contributed by atoms with E-state index in [0.29, 0.717) is 16.5 Å². The first-order valence-corrected chi connectivity index (χ1v) is 9.59. The van der Waals surface area contributed by atoms with E-state index in [9.17, 15) is 15.2 Å². The molecule has 0 amide bonds. The number of ether oxygens (including phenoxy) is 1. The van der Waals surface area contributed by atoms with Gasteiger partial charge in [-0.1, -0.05) is 55.8 Å². The number of carboxylic acids is 1. The molecule has 2 aromatic rings. The predicted octanol–water partition coefficient (Wildman–Crippen LogP) is 4.69. The Morgan fingerprint density at radius 1 is 1.31 bits per heavy atom. The largest absolute Gasteiger partial charge is 0.480 e. The molecule has 0 aliphatic rings. The molecule has 0 radical (unpaired) electrons. The number of halogens is 1. The number of aromatic nitrogens is 1. The third-order valence-corrected chi connectivity index (χ3v) is 4.79. The standard InChI is InChI=1S/C22H24ClN3O3/c1-15(2)22(21(27)28,25-13-12-16(3)23)18(14-24)19-10-7-11-20(26-19)29-17-8-5-4-6-9-17/h4-12,15,18,25H,13H2,1-3H3,(H,27,28). The van der Waals surface area contributed by atoms with Gasteiger partial charge in [-0.3, -0.25) is 10.1 Å². The van der Waals surface area contributed by atoms with Crippen molar-refractivity contribution in [1.82, 2.24) is 10.3 Å². The number of pyridine rings is 1. The number of nitrogens with zero attached hydrogens (tertiary/aromatic N) is 2. The predicted molar refractivity (Wildman–Crippen MR) is 112 cm³/mol. The Morgan fingerprint density at radius 2 is 2.00 bits per heavy atom. The normalized spacial score (nSPS) is 14.7. The van der Waals surface area contributed by atoms with Crippen molar-refractivity contribution in [2.75, 3.05) is 6.54 Å². The van der Waals surface area contributed by atoms with Crippen molar-refractivity contribution in [3.05, 3.63) is 65.3 Å². The van der Waals surface area contributed by atoms with Crippen LogP contribution in [0, 0.1) is 17.2 Å². The number of benzene rings is 1. The quantitative estimate of drug-likeness (QED) is 0.619. The number of carbonyl (C=O) groups is 1. The van der Waals surface area contributed by atoms with Crippen LogP contribution in [0.4, 0.5) is 0 Å². The van der Waals surface area contributed by atoms with Gasteiger partial charge in [-0.05, 0) is 31.0 Å². The zero-order valence-corrected chi connectivity index (χ0v) is 17.3. The molecule has 1 aromatic carbocycles. The second-order valence-electron chi connectivity index (χ2n) is 6.88. The molecule has 2 atom stereocenters. The van der Waals surface area contributed by atoms with Crippen molar-refractivity contribution < 1.29 is 14.6 Å². The van der Waals surface area contributed by atoms with Crippen molar-refractivity contribution in [2.24, 2.45) is 5.92 Å². The van der Waals surface area contributed by atoms with E-state index in [1.165, 1.54) is 0 Å². The Bertz CT molecular complexity index is 905. The van der Waals surface area contributed by atoms with E-state index >= 15 is 0 Å². The molecular formula is C22H24ClN3O3. The number of hydrogen-bond acceptors (Lipinski definition) is 5. The monoisotopic (exact) mass is 413 g/mol. The first-order chi connectivity index (χ1) is 13.8. The summed E-state index contributed by atoms with van der Waals surface area (Å²) in [5.74, 6) is -1.71. The van der Waals surface area contributed by atoms with Gasteiger partial charge in [0.2, 0.25) is 5.88 Å². The van der Waals surface area contributed by atoms with Gasteiger partial charge in [-0.2, -0.15) is 5.26 Å². The lowest BCUT2D eigenvalue weighted by atomic mass is 9.74. The molecule has 6 nitrogen and oxygen atoms in total. The number of allylic oxidation sites excluding steroid dienone is 1. The molecule has 2 unspecified atom stereocenters. The van der Waals surface area contributed by atoms with Crippen molar-refractivity contribution in [3.8, 4) is 17.7 Å². The van der Waals surface area contributed by atoms with E-state index in [2.05, 4.69) is 16.4 Å². The summed E-state index contributed by atoms with van der Waals surface area (Å²) in [7, 11) is 0. The summed E-state index contributed by atoms with van der Waals surface area (Å²) in [5.41, 5.74) is -1.24. The molecule has 0 saturated heterocycles. The SMILES string of the molecule is CC(Cl)=CCNC(C(=O)O)(C(C)C)C(C#N)c1cccc(Oc2ccccc2)n1. The topological polar surface area (TPSA) is 95.2 Å². The molecule has 2 rings (SSSR count). The molecule has 152 valence electrons. The zero-order valence-electron chi connectivity index (χ0n) is 16.6. The lowest BCUT2D eigenvalue weighted by molar-refractivity contribution is -0.147. The van der Waals surface area contributed by atoms with Gasteiger partial charge in [0.15, 0.2) is 0 Å². The summed E-state index contributed by atoms with van der Waals surface area (Å²) in [6.07, 6.45) is 1.67. The summed E-state index contributed by atoms with van der Waals surface area (Å²) < 4.78 is 5.74. The van der Waals surface area contributed by atoms with E-state index in [4.69, 9.17) is 16.3 Å². The van der Waals surface area contributed by atoms with Gasteiger partial charge in [-0.25, -0.2) is 4.98 Å². The molecule has 0 fully saturated rings. The Hall–Kier alpha value is -2.88. The summed E-state index contributed by atoms with van der Waals surface area (Å²) in [6.45, 7) is 5.42. The smallest absolute Gasteiger partial charge is 0.325 e. The minimum atomic E-state index is -1.56. The van der Waals surface area contributed by atoms with Gasteiger partial charge < -0.3 is 9.84 Å². The number of carboxylic acid groups (broad SMARTS) is 1. The maximum Gasteiger partial charge on any atom is 0.325 e. The minimum absolute atomic E-state index is 0.207. The van der Waals surface area contributed by atoms with E-state index < -0.39 is 23.3 Å². The first-order valence-electron chi connectivity index (χ1n) is 9.21. The van der Waals surface area contributed by atoms with E-state index in [-0.39, 0.29) is 12.4 Å². The highest BCUT2D eigenvalue weighted by atomic mass is 35.5. The molecule has 29 heavy (non-hydrogen) atoms. The second-order valence-corrected chi connectivity index (χ2v) is 7.47. The van der Waals surface area contributed by atoms with E-state index in [1.807, 2.05) is 18.2 Å². The van der Waals surface area contributed by atoms with Gasteiger partial charge in [0, 0.05) is 17.6 Å². The van der Waals surface area contributed by atoms with Crippen LogP contribution < -0.4 is 10.1 Å². The highest BCUT2D eigenvalue weighted by molar-refractivity contribution is 6.29. The number of nitriles is 1. The average Bonchev–Trinajstić information content (AvgIpc) is 2.67. The van der Waals surface area contributed by atoms with Crippen LogP contribution in [0.2, 0.25) is 0 Å². The van der Waals surface area contributed by atoms with Crippen LogP contribution >= 0.6 is 11.6 Å². The molecule has 1 heterocycles. The molecule has 0 spiro atoms. The van der Waals surface area contributed by atoms with Crippen LogP contribution in [-0.4, -0.2) is 28.1 Å². The molecule has 0 aliphatic carbocycles. The van der Waals surface area contributed by atoms with Crippen LogP contribution in [0.1, 0.15) is 32.4 Å². The summed E-state index contributed by atoms with van der Waals surface area (Å²) in [6, 6.07) is 16.2. The Labute approximate surface area is 175 Å². The lowest BCUT2D eigenvalue weighted by Crippen LogP contribution is -2.60. The van der Waals surface area contributed by atoms with Gasteiger partial charge in [0.25, 0.3) is 0 Å². The molecule has 0 saturated carbocycles. The maximum absolute atomic E-state index is 12.4. The van der Waals surface area contributed by atoms with E-state index in [1.54, 1.807) is 57.2 Å². The maximum atomic E-state index is 12.4. The number of nitrogens with one attached hydrogen (secondary N) is 1. The van der Waals surface area contributed by atoms with Gasteiger partial charge >= 0.3 is 5.97 Å². The fourth-order valence-corrected chi connectivity index (χ4v) is 3.18. The van der Waals surface area contributed by atoms with E-state index in [0.717, 1.165) is 0 Å². The van der Waals surface area contributed by atoms with Crippen LogP contribution in [0.5, 0.6) is 11.6 Å². The van der Waals surface area contributed by atoms with Crippen LogP contribution in [-0.2, 0) is 4.79 Å². The zero-order chi connectivity index (χ0) is 21.4. The fraction of sp³-hybridized carbons (Fsp3) is 0.318. The van der Waals surface area contributed by atoms with Crippen molar-refractivity contribution in [1.29, 1.82) is 5.26 Å². The molecule has 0 bridgehead atoms. The fourth-order valence-electron chi connectivity index (χ4n) is 3.11. The highest BCUT2D eigenvalue weighted by Gasteiger charge is 2.50. The first kappa shape index (κ1) is 22.4. The Morgan fingerprint density at radius 3 is 2.55 bits per heavy atom. The van der Waals surface area contributed by atoms with Gasteiger partial charge in [-0.15, -0.1) is 0 Å². The molecular weight excluding hydrogens is 390 g/mol. The van der Waals surface area contributed by atoms with Gasteiger partial charge in [0.1, 0.15) is 17.2 Å². The molecule has 2 N–H and O–H groups in total. The third kappa shape index (κ3) is 5.35.